The molecule has 1 nitrogen and oxygen atoms in total. The van der Waals surface area contributed by atoms with Crippen molar-refractivity contribution in [3.63, 3.8) is 0 Å². The van der Waals surface area contributed by atoms with E-state index in [0.717, 1.165) is 19.4 Å². The summed E-state index contributed by atoms with van der Waals surface area (Å²) in [5, 5.41) is 3.58. The van der Waals surface area contributed by atoms with Gasteiger partial charge < -0.3 is 5.32 Å². The molecule has 94 valence electrons. The molecule has 1 atom stereocenters. The molecule has 0 amide bonds. The van der Waals surface area contributed by atoms with Gasteiger partial charge in [-0.15, -0.1) is 0 Å². The lowest BCUT2D eigenvalue weighted by Crippen LogP contribution is -2.20. The molecule has 2 rings (SSSR count). The standard InChI is InChI=1S/C14H20FNS/c1-17-9-3-2-8-16-14-7-4-11-10-12(15)5-6-13(11)14/h5-6,10,14,16H,2-4,7-9H2,1H3. The number of halogens is 1. The summed E-state index contributed by atoms with van der Waals surface area (Å²) in [5.74, 6) is 1.14. The van der Waals surface area contributed by atoms with E-state index < -0.39 is 0 Å². The first-order chi connectivity index (χ1) is 8.31. The normalized spacial score (nSPS) is 18.4. The SMILES string of the molecule is CSCCCCNC1CCc2cc(F)ccc21. The lowest BCUT2D eigenvalue weighted by atomic mass is 10.1. The molecule has 1 aliphatic rings. The highest BCUT2D eigenvalue weighted by Gasteiger charge is 2.21. The monoisotopic (exact) mass is 253 g/mol. The molecular formula is C14H20FNS. The van der Waals surface area contributed by atoms with E-state index in [1.807, 2.05) is 17.8 Å². The number of rotatable bonds is 6. The highest BCUT2D eigenvalue weighted by Crippen LogP contribution is 2.31. The number of benzene rings is 1. The molecule has 0 heterocycles. The lowest BCUT2D eigenvalue weighted by Gasteiger charge is -2.13. The van der Waals surface area contributed by atoms with Crippen LogP contribution < -0.4 is 5.32 Å². The number of unbranched alkanes of at least 4 members (excludes halogenated alkanes) is 1. The number of thioether (sulfide) groups is 1. The largest absolute Gasteiger partial charge is 0.310 e. The lowest BCUT2D eigenvalue weighted by molar-refractivity contribution is 0.518. The fraction of sp³-hybridized carbons (Fsp3) is 0.571. The van der Waals surface area contributed by atoms with Crippen molar-refractivity contribution in [3.05, 3.63) is 35.1 Å². The molecule has 0 saturated heterocycles. The average molecular weight is 253 g/mol. The van der Waals surface area contributed by atoms with Crippen LogP contribution in [0.5, 0.6) is 0 Å². The Morgan fingerprint density at radius 3 is 3.12 bits per heavy atom. The second-order valence-electron chi connectivity index (χ2n) is 4.59. The molecule has 1 unspecified atom stereocenters. The Morgan fingerprint density at radius 1 is 1.41 bits per heavy atom. The second-order valence-corrected chi connectivity index (χ2v) is 5.57. The molecule has 0 aromatic heterocycles. The first kappa shape index (κ1) is 12.9. The van der Waals surface area contributed by atoms with Crippen LogP contribution >= 0.6 is 11.8 Å². The number of hydrogen-bond acceptors (Lipinski definition) is 2. The van der Waals surface area contributed by atoms with Crippen LogP contribution in [0.1, 0.15) is 36.4 Å². The van der Waals surface area contributed by atoms with E-state index >= 15 is 0 Å². The summed E-state index contributed by atoms with van der Waals surface area (Å²) >= 11 is 1.91. The third kappa shape index (κ3) is 3.46. The Bertz CT molecular complexity index is 367. The van der Waals surface area contributed by atoms with Gasteiger partial charge in [-0.25, -0.2) is 4.39 Å². The summed E-state index contributed by atoms with van der Waals surface area (Å²) in [7, 11) is 0. The molecule has 3 heteroatoms. The Labute approximate surface area is 107 Å². The first-order valence-corrected chi connectivity index (χ1v) is 7.71. The predicted octanol–water partition coefficient (Wildman–Crippen LogP) is 3.55. The zero-order valence-corrected chi connectivity index (χ0v) is 11.2. The minimum Gasteiger partial charge on any atom is -0.310 e. The zero-order valence-electron chi connectivity index (χ0n) is 10.3. The van der Waals surface area contributed by atoms with Crippen LogP contribution in [-0.2, 0) is 6.42 Å². The summed E-state index contributed by atoms with van der Waals surface area (Å²) in [4.78, 5) is 0. The summed E-state index contributed by atoms with van der Waals surface area (Å²) in [5.41, 5.74) is 2.49. The minimum atomic E-state index is -0.107. The number of fused-ring (bicyclic) bond motifs is 1. The van der Waals surface area contributed by atoms with E-state index in [1.165, 1.54) is 29.7 Å². The Kier molecular flexibility index (Phi) is 4.86. The quantitative estimate of drug-likeness (QED) is 0.778. The van der Waals surface area contributed by atoms with Gasteiger partial charge in [-0.1, -0.05) is 6.07 Å². The van der Waals surface area contributed by atoms with Gasteiger partial charge >= 0.3 is 0 Å². The maximum Gasteiger partial charge on any atom is 0.123 e. The smallest absolute Gasteiger partial charge is 0.123 e. The van der Waals surface area contributed by atoms with Gasteiger partial charge in [0, 0.05) is 6.04 Å². The molecule has 0 aliphatic heterocycles. The van der Waals surface area contributed by atoms with Gasteiger partial charge in [-0.05, 0) is 67.5 Å². The maximum atomic E-state index is 13.1. The first-order valence-electron chi connectivity index (χ1n) is 6.32. The van der Waals surface area contributed by atoms with Crippen molar-refractivity contribution >= 4 is 11.8 Å². The van der Waals surface area contributed by atoms with Gasteiger partial charge in [0.2, 0.25) is 0 Å². The molecule has 0 bridgehead atoms. The highest BCUT2D eigenvalue weighted by molar-refractivity contribution is 7.98. The van der Waals surface area contributed by atoms with Crippen LogP contribution in [-0.4, -0.2) is 18.6 Å². The topological polar surface area (TPSA) is 12.0 Å². The third-order valence-electron chi connectivity index (χ3n) is 3.35. The number of nitrogens with one attached hydrogen (secondary N) is 1. The fourth-order valence-electron chi connectivity index (χ4n) is 2.45. The molecule has 1 aromatic carbocycles. The van der Waals surface area contributed by atoms with Crippen molar-refractivity contribution in [1.29, 1.82) is 0 Å². The van der Waals surface area contributed by atoms with Crippen molar-refractivity contribution in [2.45, 2.75) is 31.7 Å². The zero-order chi connectivity index (χ0) is 12.1. The summed E-state index contributed by atoms with van der Waals surface area (Å²) in [6.45, 7) is 1.07. The van der Waals surface area contributed by atoms with Gasteiger partial charge in [0.25, 0.3) is 0 Å². The van der Waals surface area contributed by atoms with E-state index in [9.17, 15) is 4.39 Å². The summed E-state index contributed by atoms with van der Waals surface area (Å²) in [6, 6.07) is 5.65. The van der Waals surface area contributed by atoms with Gasteiger partial charge in [0.05, 0.1) is 0 Å². The molecule has 0 saturated carbocycles. The van der Waals surface area contributed by atoms with Gasteiger partial charge in [-0.3, -0.25) is 0 Å². The minimum absolute atomic E-state index is 0.107. The van der Waals surface area contributed by atoms with Crippen molar-refractivity contribution in [2.24, 2.45) is 0 Å². The Hall–Kier alpha value is -0.540. The third-order valence-corrected chi connectivity index (χ3v) is 4.05. The fourth-order valence-corrected chi connectivity index (χ4v) is 2.94. The van der Waals surface area contributed by atoms with Crippen molar-refractivity contribution in [3.8, 4) is 0 Å². The maximum absolute atomic E-state index is 13.1. The van der Waals surface area contributed by atoms with Crippen molar-refractivity contribution < 1.29 is 4.39 Å². The van der Waals surface area contributed by atoms with Crippen molar-refractivity contribution in [2.75, 3.05) is 18.6 Å². The Balaban J connectivity index is 1.81. The number of hydrogen-bond donors (Lipinski definition) is 1. The van der Waals surface area contributed by atoms with Crippen LogP contribution in [0.2, 0.25) is 0 Å². The molecular weight excluding hydrogens is 233 g/mol. The second kappa shape index (κ2) is 6.41. The van der Waals surface area contributed by atoms with Crippen molar-refractivity contribution in [1.82, 2.24) is 5.32 Å². The van der Waals surface area contributed by atoms with E-state index in [4.69, 9.17) is 0 Å². The van der Waals surface area contributed by atoms with Gasteiger partial charge in [0.1, 0.15) is 5.82 Å². The van der Waals surface area contributed by atoms with Gasteiger partial charge in [-0.2, -0.15) is 11.8 Å². The molecule has 1 aliphatic carbocycles. The molecule has 0 spiro atoms. The molecule has 0 fully saturated rings. The summed E-state index contributed by atoms with van der Waals surface area (Å²) < 4.78 is 13.1. The predicted molar refractivity (Wildman–Crippen MR) is 73.1 cm³/mol. The highest BCUT2D eigenvalue weighted by atomic mass is 32.2. The van der Waals surface area contributed by atoms with Gasteiger partial charge in [0.15, 0.2) is 0 Å². The van der Waals surface area contributed by atoms with Crippen LogP contribution in [0.25, 0.3) is 0 Å². The van der Waals surface area contributed by atoms with E-state index in [0.29, 0.717) is 6.04 Å². The van der Waals surface area contributed by atoms with Crippen LogP contribution in [0.15, 0.2) is 18.2 Å². The molecule has 1 N–H and O–H groups in total. The molecule has 1 aromatic rings. The summed E-state index contributed by atoms with van der Waals surface area (Å²) in [6.07, 6.45) is 6.77. The van der Waals surface area contributed by atoms with Crippen LogP contribution in [0, 0.1) is 5.82 Å². The van der Waals surface area contributed by atoms with E-state index in [1.54, 1.807) is 12.1 Å². The van der Waals surface area contributed by atoms with Crippen LogP contribution in [0.4, 0.5) is 4.39 Å². The molecule has 0 radical (unpaired) electrons. The van der Waals surface area contributed by atoms with E-state index in [2.05, 4.69) is 11.6 Å². The van der Waals surface area contributed by atoms with E-state index in [-0.39, 0.29) is 5.82 Å². The average Bonchev–Trinajstić information content (AvgIpc) is 2.71. The Morgan fingerprint density at radius 2 is 2.29 bits per heavy atom. The number of aryl methyl sites for hydroxylation is 1. The molecule has 17 heavy (non-hydrogen) atoms. The van der Waals surface area contributed by atoms with Crippen LogP contribution in [0.3, 0.4) is 0 Å².